The summed E-state index contributed by atoms with van der Waals surface area (Å²) in [4.78, 5) is 35.7. The van der Waals surface area contributed by atoms with Crippen molar-refractivity contribution in [3.8, 4) is 5.75 Å². The third-order valence-corrected chi connectivity index (χ3v) is 4.42. The highest BCUT2D eigenvalue weighted by Crippen LogP contribution is 2.20. The van der Waals surface area contributed by atoms with Gasteiger partial charge in [-0.15, -0.1) is 0 Å². The molecule has 0 radical (unpaired) electrons. The van der Waals surface area contributed by atoms with Gasteiger partial charge < -0.3 is 14.8 Å². The Bertz CT molecular complexity index is 848. The zero-order chi connectivity index (χ0) is 20.5. The number of nitrogens with one attached hydrogen (secondary N) is 1. The van der Waals surface area contributed by atoms with Crippen LogP contribution in [-0.2, 0) is 14.3 Å². The smallest absolute Gasteiger partial charge is 0.306 e. The molecule has 2 aromatic carbocycles. The number of carbonyl (C=O) groups excluding carboxylic acids is 3. The molecule has 1 amide bonds. The first kappa shape index (κ1) is 21.4. The van der Waals surface area contributed by atoms with Crippen LogP contribution in [0.3, 0.4) is 0 Å². The molecule has 2 rings (SSSR count). The fourth-order valence-corrected chi connectivity index (χ4v) is 2.55. The molecule has 0 aliphatic heterocycles. The minimum Gasteiger partial charge on any atom is -0.497 e. The maximum Gasteiger partial charge on any atom is 0.306 e. The summed E-state index contributed by atoms with van der Waals surface area (Å²) in [6.45, 7) is 1.54. The Morgan fingerprint density at radius 2 is 1.75 bits per heavy atom. The Morgan fingerprint density at radius 1 is 1.04 bits per heavy atom. The first-order valence-electron chi connectivity index (χ1n) is 8.78. The molecule has 1 N–H and O–H groups in total. The fourth-order valence-electron chi connectivity index (χ4n) is 2.37. The van der Waals surface area contributed by atoms with Gasteiger partial charge in [0.2, 0.25) is 5.91 Å². The van der Waals surface area contributed by atoms with Crippen LogP contribution in [0.25, 0.3) is 0 Å². The van der Waals surface area contributed by atoms with Crippen LogP contribution < -0.4 is 10.1 Å². The van der Waals surface area contributed by atoms with Gasteiger partial charge in [0, 0.05) is 29.1 Å². The second kappa shape index (κ2) is 10.5. The lowest BCUT2D eigenvalue weighted by Crippen LogP contribution is -2.15. The number of ketones is 1. The summed E-state index contributed by atoms with van der Waals surface area (Å²) in [5.74, 6) is -0.403. The molecule has 0 saturated carbocycles. The summed E-state index contributed by atoms with van der Waals surface area (Å²) in [7, 11) is 1.54. The monoisotopic (exact) mass is 403 g/mol. The number of benzene rings is 2. The van der Waals surface area contributed by atoms with Gasteiger partial charge in [0.1, 0.15) is 5.75 Å². The zero-order valence-corrected chi connectivity index (χ0v) is 16.5. The molecule has 0 aliphatic rings. The van der Waals surface area contributed by atoms with E-state index in [1.807, 2.05) is 13.0 Å². The first-order chi connectivity index (χ1) is 13.4. The number of amides is 1. The SMILES string of the molecule is COc1ccc(C(=O)COC(=O)CCCC(=O)Nc2ccc(C)c(Cl)c2)cc1. The molecule has 0 atom stereocenters. The summed E-state index contributed by atoms with van der Waals surface area (Å²) < 4.78 is 10.00. The Balaban J connectivity index is 1.68. The number of esters is 1. The molecule has 2 aromatic rings. The second-order valence-electron chi connectivity index (χ2n) is 6.18. The molecule has 0 spiro atoms. The average Bonchev–Trinajstić information content (AvgIpc) is 2.69. The molecule has 7 heteroatoms. The number of hydrogen-bond donors (Lipinski definition) is 1. The number of hydrogen-bond acceptors (Lipinski definition) is 5. The minimum absolute atomic E-state index is 0.0535. The largest absolute Gasteiger partial charge is 0.497 e. The molecule has 0 aliphatic carbocycles. The van der Waals surface area contributed by atoms with Crippen LogP contribution in [0.2, 0.25) is 5.02 Å². The summed E-state index contributed by atoms with van der Waals surface area (Å²) in [6, 6.07) is 11.8. The predicted molar refractivity (Wildman–Crippen MR) is 107 cm³/mol. The van der Waals surface area contributed by atoms with E-state index in [0.29, 0.717) is 28.4 Å². The third-order valence-electron chi connectivity index (χ3n) is 4.02. The number of rotatable bonds is 9. The van der Waals surface area contributed by atoms with Crippen molar-refractivity contribution in [1.82, 2.24) is 0 Å². The minimum atomic E-state index is -0.520. The number of halogens is 1. The van der Waals surface area contributed by atoms with E-state index in [2.05, 4.69) is 5.32 Å². The molecular weight excluding hydrogens is 382 g/mol. The van der Waals surface area contributed by atoms with Crippen LogP contribution in [0.4, 0.5) is 5.69 Å². The van der Waals surface area contributed by atoms with Gasteiger partial charge in [-0.05, 0) is 55.3 Å². The van der Waals surface area contributed by atoms with E-state index in [-0.39, 0.29) is 31.1 Å². The number of methoxy groups -OCH3 is 1. The lowest BCUT2D eigenvalue weighted by molar-refractivity contribution is -0.142. The number of carbonyl (C=O) groups is 3. The highest BCUT2D eigenvalue weighted by atomic mass is 35.5. The van der Waals surface area contributed by atoms with Crippen molar-refractivity contribution < 1.29 is 23.9 Å². The Labute approximate surface area is 168 Å². The van der Waals surface area contributed by atoms with Gasteiger partial charge in [-0.2, -0.15) is 0 Å². The van der Waals surface area contributed by atoms with E-state index in [4.69, 9.17) is 21.1 Å². The van der Waals surface area contributed by atoms with Crippen molar-refractivity contribution in [2.45, 2.75) is 26.2 Å². The summed E-state index contributed by atoms with van der Waals surface area (Å²) in [6.07, 6.45) is 0.534. The Kier molecular flexibility index (Phi) is 8.02. The van der Waals surface area contributed by atoms with Gasteiger partial charge in [-0.3, -0.25) is 14.4 Å². The highest BCUT2D eigenvalue weighted by molar-refractivity contribution is 6.31. The van der Waals surface area contributed by atoms with Crippen molar-refractivity contribution in [1.29, 1.82) is 0 Å². The summed E-state index contributed by atoms with van der Waals surface area (Å²) in [5.41, 5.74) is 1.96. The van der Waals surface area contributed by atoms with Gasteiger partial charge in [0.25, 0.3) is 0 Å². The van der Waals surface area contributed by atoms with Gasteiger partial charge in [0.05, 0.1) is 7.11 Å². The van der Waals surface area contributed by atoms with E-state index in [1.54, 1.807) is 36.4 Å². The standard InChI is InChI=1S/C21H22ClNO5/c1-14-6-9-16(12-18(14)22)23-20(25)4-3-5-21(26)28-13-19(24)15-7-10-17(27-2)11-8-15/h6-12H,3-5,13H2,1-2H3,(H,23,25). The van der Waals surface area contributed by atoms with Gasteiger partial charge in [-0.1, -0.05) is 17.7 Å². The Hall–Kier alpha value is -2.86. The van der Waals surface area contributed by atoms with Crippen molar-refractivity contribution in [2.24, 2.45) is 0 Å². The van der Waals surface area contributed by atoms with Gasteiger partial charge >= 0.3 is 5.97 Å². The molecule has 148 valence electrons. The molecule has 28 heavy (non-hydrogen) atoms. The van der Waals surface area contributed by atoms with Gasteiger partial charge in [-0.25, -0.2) is 0 Å². The molecule has 0 bridgehead atoms. The first-order valence-corrected chi connectivity index (χ1v) is 9.15. The molecule has 0 aromatic heterocycles. The average molecular weight is 404 g/mol. The van der Waals surface area contributed by atoms with Gasteiger partial charge in [0.15, 0.2) is 12.4 Å². The zero-order valence-electron chi connectivity index (χ0n) is 15.8. The van der Waals surface area contributed by atoms with E-state index in [1.165, 1.54) is 7.11 Å². The second-order valence-corrected chi connectivity index (χ2v) is 6.59. The lowest BCUT2D eigenvalue weighted by Gasteiger charge is -2.07. The number of aryl methyl sites for hydroxylation is 1. The van der Waals surface area contributed by atoms with Crippen LogP contribution in [0.5, 0.6) is 5.75 Å². The van der Waals surface area contributed by atoms with Crippen molar-refractivity contribution in [3.05, 3.63) is 58.6 Å². The highest BCUT2D eigenvalue weighted by Gasteiger charge is 2.11. The topological polar surface area (TPSA) is 81.7 Å². The molecule has 0 heterocycles. The molecule has 0 fully saturated rings. The van der Waals surface area contributed by atoms with Crippen LogP contribution in [-0.4, -0.2) is 31.4 Å². The van der Waals surface area contributed by atoms with Crippen molar-refractivity contribution in [3.63, 3.8) is 0 Å². The van der Waals surface area contributed by atoms with Crippen LogP contribution in [0, 0.1) is 6.92 Å². The quantitative estimate of drug-likeness (QED) is 0.501. The summed E-state index contributed by atoms with van der Waals surface area (Å²) >= 11 is 6.02. The van der Waals surface area contributed by atoms with Crippen LogP contribution in [0.1, 0.15) is 35.2 Å². The van der Waals surface area contributed by atoms with Crippen molar-refractivity contribution in [2.75, 3.05) is 19.0 Å². The van der Waals surface area contributed by atoms with Crippen LogP contribution in [0.15, 0.2) is 42.5 Å². The molecule has 0 saturated heterocycles. The number of anilines is 1. The lowest BCUT2D eigenvalue weighted by atomic mass is 10.1. The summed E-state index contributed by atoms with van der Waals surface area (Å²) in [5, 5.41) is 3.30. The van der Waals surface area contributed by atoms with E-state index >= 15 is 0 Å². The number of Topliss-reactive ketones (excluding diaryl/α,β-unsaturated/α-hetero) is 1. The fraction of sp³-hybridized carbons (Fsp3) is 0.286. The van der Waals surface area contributed by atoms with E-state index in [0.717, 1.165) is 5.56 Å². The van der Waals surface area contributed by atoms with Crippen molar-refractivity contribution >= 4 is 34.9 Å². The Morgan fingerprint density at radius 3 is 2.39 bits per heavy atom. The van der Waals surface area contributed by atoms with E-state index < -0.39 is 5.97 Å². The maximum absolute atomic E-state index is 12.0. The molecule has 6 nitrogen and oxygen atoms in total. The number of ether oxygens (including phenoxy) is 2. The van der Waals surface area contributed by atoms with Crippen LogP contribution >= 0.6 is 11.6 Å². The third kappa shape index (κ3) is 6.70. The molecular formula is C21H22ClNO5. The predicted octanol–water partition coefficient (Wildman–Crippen LogP) is 4.19. The maximum atomic E-state index is 12.0. The normalized spacial score (nSPS) is 10.2. The molecule has 0 unspecified atom stereocenters. The van der Waals surface area contributed by atoms with E-state index in [9.17, 15) is 14.4 Å².